The van der Waals surface area contributed by atoms with Crippen LogP contribution >= 0.6 is 12.2 Å². The highest BCUT2D eigenvalue weighted by molar-refractivity contribution is 7.80. The maximum Gasteiger partial charge on any atom is 0.273 e. The van der Waals surface area contributed by atoms with Crippen LogP contribution in [-0.2, 0) is 4.74 Å². The minimum Gasteiger partial charge on any atom is -0.376 e. The van der Waals surface area contributed by atoms with Crippen LogP contribution in [0.25, 0.3) is 0 Å². The number of hydrogen-bond acceptors (Lipinski definition) is 5. The Kier molecular flexibility index (Phi) is 5.83. The van der Waals surface area contributed by atoms with Crippen LogP contribution in [0.3, 0.4) is 0 Å². The Morgan fingerprint density at radius 2 is 2.26 bits per heavy atom. The first kappa shape index (κ1) is 17.1. The van der Waals surface area contributed by atoms with Gasteiger partial charge in [-0.2, -0.15) is 0 Å². The highest BCUT2D eigenvalue weighted by Gasteiger charge is 2.16. The van der Waals surface area contributed by atoms with E-state index in [0.717, 1.165) is 19.4 Å². The van der Waals surface area contributed by atoms with Gasteiger partial charge in [0.25, 0.3) is 11.6 Å². The van der Waals surface area contributed by atoms with Crippen LogP contribution in [0.5, 0.6) is 0 Å². The van der Waals surface area contributed by atoms with E-state index < -0.39 is 10.8 Å². The highest BCUT2D eigenvalue weighted by Crippen LogP contribution is 2.19. The molecule has 1 amide bonds. The molecule has 1 aliphatic rings. The van der Waals surface area contributed by atoms with Gasteiger partial charge in [0.15, 0.2) is 5.11 Å². The number of nitro groups is 1. The molecule has 1 atom stereocenters. The number of benzene rings is 1. The number of nitrogens with one attached hydrogen (secondary N) is 3. The van der Waals surface area contributed by atoms with E-state index in [4.69, 9.17) is 17.0 Å². The van der Waals surface area contributed by atoms with Gasteiger partial charge in [-0.25, -0.2) is 0 Å². The van der Waals surface area contributed by atoms with Gasteiger partial charge in [0, 0.05) is 30.3 Å². The van der Waals surface area contributed by atoms with E-state index in [1.807, 2.05) is 0 Å². The maximum absolute atomic E-state index is 12.0. The van der Waals surface area contributed by atoms with E-state index in [1.54, 1.807) is 6.92 Å². The zero-order valence-corrected chi connectivity index (χ0v) is 13.4. The molecule has 0 bridgehead atoms. The third kappa shape index (κ3) is 4.86. The van der Waals surface area contributed by atoms with E-state index in [1.165, 1.54) is 18.2 Å². The van der Waals surface area contributed by atoms with E-state index in [2.05, 4.69) is 16.2 Å². The molecule has 0 aromatic heterocycles. The van der Waals surface area contributed by atoms with Crippen LogP contribution in [0, 0.1) is 17.0 Å². The summed E-state index contributed by atoms with van der Waals surface area (Å²) in [6, 6.07) is 4.28. The lowest BCUT2D eigenvalue weighted by atomic mass is 10.1. The molecule has 124 valence electrons. The third-order valence-corrected chi connectivity index (χ3v) is 3.72. The Morgan fingerprint density at radius 1 is 1.48 bits per heavy atom. The molecule has 1 heterocycles. The van der Waals surface area contributed by atoms with Gasteiger partial charge in [-0.05, 0) is 38.0 Å². The van der Waals surface area contributed by atoms with E-state index in [9.17, 15) is 14.9 Å². The molecular weight excluding hydrogens is 320 g/mol. The van der Waals surface area contributed by atoms with Crippen molar-refractivity contribution in [2.75, 3.05) is 13.2 Å². The second kappa shape index (κ2) is 7.84. The van der Waals surface area contributed by atoms with Crippen molar-refractivity contribution < 1.29 is 14.5 Å². The van der Waals surface area contributed by atoms with E-state index >= 15 is 0 Å². The summed E-state index contributed by atoms with van der Waals surface area (Å²) in [6.07, 6.45) is 2.15. The second-order valence-corrected chi connectivity index (χ2v) is 5.59. The first-order valence-corrected chi connectivity index (χ1v) is 7.59. The summed E-state index contributed by atoms with van der Waals surface area (Å²) in [7, 11) is 0. The first-order valence-electron chi connectivity index (χ1n) is 7.18. The summed E-state index contributed by atoms with van der Waals surface area (Å²) in [5, 5.41) is 14.1. The van der Waals surface area contributed by atoms with Crippen molar-refractivity contribution in [3.63, 3.8) is 0 Å². The Hall–Kier alpha value is -2.26. The number of thiocarbonyl (C=S) groups is 1. The Bertz CT molecular complexity index is 617. The van der Waals surface area contributed by atoms with Crippen molar-refractivity contribution in [3.05, 3.63) is 39.4 Å². The minimum atomic E-state index is -0.521. The van der Waals surface area contributed by atoms with Gasteiger partial charge in [0.1, 0.15) is 0 Å². The minimum absolute atomic E-state index is 0.100. The van der Waals surface area contributed by atoms with E-state index in [-0.39, 0.29) is 22.5 Å². The summed E-state index contributed by atoms with van der Waals surface area (Å²) in [6.45, 7) is 2.94. The van der Waals surface area contributed by atoms with Crippen molar-refractivity contribution in [3.8, 4) is 0 Å². The lowest BCUT2D eigenvalue weighted by Crippen LogP contribution is -2.48. The van der Waals surface area contributed by atoms with Crippen molar-refractivity contribution >= 4 is 28.9 Å². The topological polar surface area (TPSA) is 106 Å². The Labute approximate surface area is 138 Å². The molecule has 0 saturated carbocycles. The van der Waals surface area contributed by atoms with Crippen LogP contribution in [0.1, 0.15) is 28.8 Å². The largest absolute Gasteiger partial charge is 0.376 e. The zero-order valence-electron chi connectivity index (χ0n) is 12.6. The van der Waals surface area contributed by atoms with Gasteiger partial charge in [-0.3, -0.25) is 25.8 Å². The number of aryl methyl sites for hydroxylation is 1. The molecule has 2 rings (SSSR count). The molecule has 1 aliphatic heterocycles. The zero-order chi connectivity index (χ0) is 16.8. The SMILES string of the molecule is Cc1ccc(C(=O)NNC(=S)NCC2CCCO2)cc1[N+](=O)[O-]. The number of ether oxygens (including phenoxy) is 1. The quantitative estimate of drug-likeness (QED) is 0.430. The van der Waals surface area contributed by atoms with Gasteiger partial charge < -0.3 is 10.1 Å². The average Bonchev–Trinajstić information content (AvgIpc) is 3.04. The van der Waals surface area contributed by atoms with E-state index in [0.29, 0.717) is 12.1 Å². The van der Waals surface area contributed by atoms with Gasteiger partial charge in [-0.15, -0.1) is 0 Å². The number of amides is 1. The van der Waals surface area contributed by atoms with Gasteiger partial charge in [0.2, 0.25) is 0 Å². The van der Waals surface area contributed by atoms with Crippen LogP contribution in [0.2, 0.25) is 0 Å². The highest BCUT2D eigenvalue weighted by atomic mass is 32.1. The molecule has 1 saturated heterocycles. The number of nitro benzene ring substituents is 1. The number of carbonyl (C=O) groups excluding carboxylic acids is 1. The van der Waals surface area contributed by atoms with Crippen LogP contribution in [0.15, 0.2) is 18.2 Å². The summed E-state index contributed by atoms with van der Waals surface area (Å²) < 4.78 is 5.44. The molecule has 0 spiro atoms. The van der Waals surface area contributed by atoms with Gasteiger partial charge >= 0.3 is 0 Å². The summed E-state index contributed by atoms with van der Waals surface area (Å²) in [5.41, 5.74) is 5.54. The molecule has 1 unspecified atom stereocenters. The predicted octanol–water partition coefficient (Wildman–Crippen LogP) is 1.19. The summed E-state index contributed by atoms with van der Waals surface area (Å²) >= 11 is 5.04. The number of hydrogen-bond donors (Lipinski definition) is 3. The standard InChI is InChI=1S/C14H18N4O4S/c1-9-4-5-10(7-12(9)18(20)21)13(19)16-17-14(23)15-8-11-3-2-6-22-11/h4-5,7,11H,2-3,6,8H2,1H3,(H,16,19)(H2,15,17,23). The van der Waals surface area contributed by atoms with Crippen LogP contribution in [-0.4, -0.2) is 35.2 Å². The molecule has 1 aromatic rings. The number of carbonyl (C=O) groups is 1. The molecule has 8 nitrogen and oxygen atoms in total. The molecular formula is C14H18N4O4S. The Morgan fingerprint density at radius 3 is 2.91 bits per heavy atom. The monoisotopic (exact) mass is 338 g/mol. The van der Waals surface area contributed by atoms with Gasteiger partial charge in [-0.1, -0.05) is 6.07 Å². The third-order valence-electron chi connectivity index (χ3n) is 3.47. The molecule has 0 aliphatic carbocycles. The summed E-state index contributed by atoms with van der Waals surface area (Å²) in [4.78, 5) is 22.4. The normalized spacial score (nSPS) is 16.7. The molecule has 0 radical (unpaired) electrons. The van der Waals surface area contributed by atoms with Crippen molar-refractivity contribution in [2.45, 2.75) is 25.9 Å². The summed E-state index contributed by atoms with van der Waals surface area (Å²) in [5.74, 6) is -0.505. The van der Waals surface area contributed by atoms with Crippen molar-refractivity contribution in [1.29, 1.82) is 0 Å². The fourth-order valence-electron chi connectivity index (χ4n) is 2.19. The molecule has 1 fully saturated rings. The van der Waals surface area contributed by atoms with Crippen LogP contribution in [0.4, 0.5) is 5.69 Å². The number of rotatable bonds is 4. The molecule has 1 aromatic carbocycles. The van der Waals surface area contributed by atoms with Crippen molar-refractivity contribution in [2.24, 2.45) is 0 Å². The van der Waals surface area contributed by atoms with Gasteiger partial charge in [0.05, 0.1) is 11.0 Å². The average molecular weight is 338 g/mol. The Balaban J connectivity index is 1.83. The molecule has 9 heteroatoms. The molecule has 3 N–H and O–H groups in total. The van der Waals surface area contributed by atoms with Crippen molar-refractivity contribution in [1.82, 2.24) is 16.2 Å². The molecule has 23 heavy (non-hydrogen) atoms. The fraction of sp³-hybridized carbons (Fsp3) is 0.429. The number of nitrogens with zero attached hydrogens (tertiary/aromatic N) is 1. The lowest BCUT2D eigenvalue weighted by Gasteiger charge is -2.14. The second-order valence-electron chi connectivity index (χ2n) is 5.18. The predicted molar refractivity (Wildman–Crippen MR) is 88.0 cm³/mol. The first-order chi connectivity index (χ1) is 11.0. The smallest absolute Gasteiger partial charge is 0.273 e. The fourth-order valence-corrected chi connectivity index (χ4v) is 2.32. The maximum atomic E-state index is 12.0. The van der Waals surface area contributed by atoms with Crippen LogP contribution < -0.4 is 16.2 Å². The lowest BCUT2D eigenvalue weighted by molar-refractivity contribution is -0.385. The number of hydrazine groups is 1.